The van der Waals surface area contributed by atoms with E-state index in [0.717, 1.165) is 12.8 Å². The number of hydrogen-bond acceptors (Lipinski definition) is 3. The Morgan fingerprint density at radius 1 is 0.926 bits per heavy atom. The fraction of sp³-hybridized carbons (Fsp3) is 0.211. The number of hydrazine groups is 1. The number of benzene rings is 2. The molecule has 0 atom stereocenters. The van der Waals surface area contributed by atoms with Gasteiger partial charge in [-0.3, -0.25) is 15.0 Å². The van der Waals surface area contributed by atoms with Crippen molar-refractivity contribution in [3.05, 3.63) is 59.1 Å². The van der Waals surface area contributed by atoms with E-state index in [-0.39, 0.29) is 5.91 Å². The van der Waals surface area contributed by atoms with Crippen molar-refractivity contribution >= 4 is 40.8 Å². The summed E-state index contributed by atoms with van der Waals surface area (Å²) >= 11 is 5.84. The molecule has 0 aromatic heterocycles. The lowest BCUT2D eigenvalue weighted by Crippen LogP contribution is -2.43. The number of anilines is 2. The Bertz CT molecular complexity index is 809. The van der Waals surface area contributed by atoms with Gasteiger partial charge in [0, 0.05) is 28.4 Å². The number of amides is 4. The van der Waals surface area contributed by atoms with Crippen LogP contribution in [0.25, 0.3) is 0 Å². The third kappa shape index (κ3) is 6.99. The number of nitrogens with one attached hydrogen (secondary N) is 4. The number of unbranched alkanes of at least 4 members (excludes halogenated alkanes) is 1. The van der Waals surface area contributed by atoms with Crippen molar-refractivity contribution in [2.75, 3.05) is 10.6 Å². The first-order valence-corrected chi connectivity index (χ1v) is 8.88. The zero-order valence-electron chi connectivity index (χ0n) is 14.8. The Morgan fingerprint density at radius 2 is 1.67 bits per heavy atom. The molecule has 0 fully saturated rings. The van der Waals surface area contributed by atoms with Gasteiger partial charge in [-0.25, -0.2) is 10.2 Å². The monoisotopic (exact) mass is 388 g/mol. The van der Waals surface area contributed by atoms with Crippen LogP contribution in [0.5, 0.6) is 0 Å². The highest BCUT2D eigenvalue weighted by Gasteiger charge is 2.08. The Hall–Kier alpha value is -3.06. The van der Waals surface area contributed by atoms with Crippen LogP contribution in [0.2, 0.25) is 5.02 Å². The van der Waals surface area contributed by atoms with Crippen LogP contribution in [0.15, 0.2) is 48.5 Å². The second-order valence-corrected chi connectivity index (χ2v) is 6.21. The van der Waals surface area contributed by atoms with Gasteiger partial charge in [-0.05, 0) is 48.9 Å². The summed E-state index contributed by atoms with van der Waals surface area (Å²) in [4.78, 5) is 35.5. The van der Waals surface area contributed by atoms with Gasteiger partial charge in [0.15, 0.2) is 0 Å². The quantitative estimate of drug-likeness (QED) is 0.564. The van der Waals surface area contributed by atoms with Gasteiger partial charge in [-0.2, -0.15) is 0 Å². The number of halogens is 1. The topological polar surface area (TPSA) is 99.3 Å². The molecule has 0 saturated carbocycles. The lowest BCUT2D eigenvalue weighted by atomic mass is 10.2. The van der Waals surface area contributed by atoms with Gasteiger partial charge >= 0.3 is 6.03 Å². The molecule has 142 valence electrons. The highest BCUT2D eigenvalue weighted by Crippen LogP contribution is 2.14. The fourth-order valence-electron chi connectivity index (χ4n) is 2.18. The van der Waals surface area contributed by atoms with Crippen molar-refractivity contribution in [1.29, 1.82) is 0 Å². The summed E-state index contributed by atoms with van der Waals surface area (Å²) in [6.07, 6.45) is 2.24. The molecule has 4 amide bonds. The number of rotatable bonds is 6. The van der Waals surface area contributed by atoms with Crippen LogP contribution in [-0.4, -0.2) is 17.8 Å². The van der Waals surface area contributed by atoms with E-state index in [1.54, 1.807) is 48.5 Å². The second-order valence-electron chi connectivity index (χ2n) is 5.77. The molecule has 27 heavy (non-hydrogen) atoms. The summed E-state index contributed by atoms with van der Waals surface area (Å²) in [5.41, 5.74) is 6.00. The van der Waals surface area contributed by atoms with Gasteiger partial charge in [0.25, 0.3) is 5.91 Å². The molecule has 0 spiro atoms. The average molecular weight is 389 g/mol. The molecule has 4 N–H and O–H groups in total. The zero-order chi connectivity index (χ0) is 19.6. The summed E-state index contributed by atoms with van der Waals surface area (Å²) in [5.74, 6) is -0.548. The smallest absolute Gasteiger partial charge is 0.326 e. The highest BCUT2D eigenvalue weighted by atomic mass is 35.5. The van der Waals surface area contributed by atoms with E-state index in [2.05, 4.69) is 21.5 Å². The van der Waals surface area contributed by atoms with Crippen molar-refractivity contribution in [2.45, 2.75) is 26.2 Å². The molecule has 2 aromatic carbocycles. The third-order valence-electron chi connectivity index (χ3n) is 3.56. The molecule has 0 unspecified atom stereocenters. The van der Waals surface area contributed by atoms with Crippen LogP contribution in [0.1, 0.15) is 36.5 Å². The van der Waals surface area contributed by atoms with Crippen LogP contribution in [0.4, 0.5) is 16.2 Å². The molecule has 0 aliphatic heterocycles. The van der Waals surface area contributed by atoms with Crippen molar-refractivity contribution in [3.63, 3.8) is 0 Å². The summed E-state index contributed by atoms with van der Waals surface area (Å²) in [5, 5.41) is 5.79. The molecule has 0 bridgehead atoms. The first-order chi connectivity index (χ1) is 13.0. The Morgan fingerprint density at radius 3 is 2.33 bits per heavy atom. The third-order valence-corrected chi connectivity index (χ3v) is 3.80. The van der Waals surface area contributed by atoms with E-state index in [0.29, 0.717) is 28.4 Å². The normalized spacial score (nSPS) is 10.0. The number of urea groups is 1. The molecule has 0 aliphatic rings. The van der Waals surface area contributed by atoms with Crippen LogP contribution in [0, 0.1) is 0 Å². The summed E-state index contributed by atoms with van der Waals surface area (Å²) < 4.78 is 0. The molecule has 8 heteroatoms. The number of carbonyl (C=O) groups excluding carboxylic acids is 3. The van der Waals surface area contributed by atoms with Crippen LogP contribution in [-0.2, 0) is 4.79 Å². The van der Waals surface area contributed by atoms with Crippen molar-refractivity contribution in [3.8, 4) is 0 Å². The van der Waals surface area contributed by atoms with Crippen LogP contribution < -0.4 is 21.5 Å². The molecular weight excluding hydrogens is 368 g/mol. The maximum absolute atomic E-state index is 12.1. The molecule has 7 nitrogen and oxygen atoms in total. The Balaban J connectivity index is 1.81. The summed E-state index contributed by atoms with van der Waals surface area (Å²) in [7, 11) is 0. The minimum Gasteiger partial charge on any atom is -0.326 e. The fourth-order valence-corrected chi connectivity index (χ4v) is 2.37. The molecule has 2 rings (SSSR count). The minimum atomic E-state index is -0.606. The second kappa shape index (κ2) is 10.2. The summed E-state index contributed by atoms with van der Waals surface area (Å²) in [6.45, 7) is 2.02. The van der Waals surface area contributed by atoms with Gasteiger partial charge in [0.1, 0.15) is 0 Å². The van der Waals surface area contributed by atoms with Gasteiger partial charge in [-0.15, -0.1) is 0 Å². The average Bonchev–Trinajstić information content (AvgIpc) is 2.65. The van der Waals surface area contributed by atoms with Crippen molar-refractivity contribution < 1.29 is 14.4 Å². The highest BCUT2D eigenvalue weighted by molar-refractivity contribution is 6.30. The minimum absolute atomic E-state index is 0.0617. The van der Waals surface area contributed by atoms with Crippen molar-refractivity contribution in [1.82, 2.24) is 10.9 Å². The summed E-state index contributed by atoms with van der Waals surface area (Å²) in [6, 6.07) is 12.4. The molecule has 0 saturated heterocycles. The van der Waals surface area contributed by atoms with Gasteiger partial charge in [0.05, 0.1) is 0 Å². The SMILES string of the molecule is CCCCC(=O)Nc1ccc(C(=O)NNC(=O)Nc2cccc(Cl)c2)cc1. The number of hydrogen-bond donors (Lipinski definition) is 4. The Labute approximate surface area is 162 Å². The van der Waals surface area contributed by atoms with Crippen molar-refractivity contribution in [2.24, 2.45) is 0 Å². The van der Waals surface area contributed by atoms with E-state index in [9.17, 15) is 14.4 Å². The van der Waals surface area contributed by atoms with Gasteiger partial charge < -0.3 is 10.6 Å². The van der Waals surface area contributed by atoms with E-state index in [1.807, 2.05) is 6.92 Å². The van der Waals surface area contributed by atoms with E-state index in [4.69, 9.17) is 11.6 Å². The first kappa shape index (κ1) is 20.3. The maximum Gasteiger partial charge on any atom is 0.337 e. The van der Waals surface area contributed by atoms with Gasteiger partial charge in [0.2, 0.25) is 5.91 Å². The predicted molar refractivity (Wildman–Crippen MR) is 106 cm³/mol. The molecule has 2 aromatic rings. The molecule has 0 heterocycles. The van der Waals surface area contributed by atoms with E-state index >= 15 is 0 Å². The largest absolute Gasteiger partial charge is 0.337 e. The lowest BCUT2D eigenvalue weighted by molar-refractivity contribution is -0.116. The number of carbonyl (C=O) groups is 3. The zero-order valence-corrected chi connectivity index (χ0v) is 15.6. The van der Waals surface area contributed by atoms with Crippen LogP contribution in [0.3, 0.4) is 0 Å². The van der Waals surface area contributed by atoms with E-state index in [1.165, 1.54) is 0 Å². The Kier molecular flexibility index (Phi) is 7.63. The first-order valence-electron chi connectivity index (χ1n) is 8.50. The lowest BCUT2D eigenvalue weighted by Gasteiger charge is -2.10. The van der Waals surface area contributed by atoms with Gasteiger partial charge in [-0.1, -0.05) is 31.0 Å². The predicted octanol–water partition coefficient (Wildman–Crippen LogP) is 3.94. The standard InChI is InChI=1S/C19H21ClN4O3/c1-2-3-7-17(25)21-15-10-8-13(9-11-15)18(26)23-24-19(27)22-16-6-4-5-14(20)12-16/h4-6,8-12H,2-3,7H2,1H3,(H,21,25)(H,23,26)(H2,22,24,27). The molecule has 0 aliphatic carbocycles. The molecule has 0 radical (unpaired) electrons. The maximum atomic E-state index is 12.1. The molecular formula is C19H21ClN4O3. The van der Waals surface area contributed by atoms with Crippen LogP contribution >= 0.6 is 11.6 Å². The van der Waals surface area contributed by atoms with E-state index < -0.39 is 11.9 Å².